The number of ether oxygens (including phenoxy) is 2. The zero-order valence-electron chi connectivity index (χ0n) is 21.3. The van der Waals surface area contributed by atoms with Gasteiger partial charge in [-0.1, -0.05) is 23.2 Å². The minimum atomic E-state index is -0.735. The first-order valence-electron chi connectivity index (χ1n) is 11.8. The summed E-state index contributed by atoms with van der Waals surface area (Å²) in [7, 11) is 4.79. The van der Waals surface area contributed by atoms with Crippen LogP contribution in [0.2, 0.25) is 10.2 Å². The molecule has 0 bridgehead atoms. The zero-order chi connectivity index (χ0) is 27.4. The van der Waals surface area contributed by atoms with Crippen molar-refractivity contribution in [1.29, 1.82) is 0 Å². The number of aromatic amines is 1. The van der Waals surface area contributed by atoms with Gasteiger partial charge in [-0.15, -0.1) is 0 Å². The Hall–Kier alpha value is -4.22. The van der Waals surface area contributed by atoms with E-state index in [9.17, 15) is 0 Å². The van der Waals surface area contributed by atoms with Crippen molar-refractivity contribution in [3.63, 3.8) is 0 Å². The van der Waals surface area contributed by atoms with Crippen LogP contribution in [0, 0.1) is 12.9 Å². The van der Waals surface area contributed by atoms with Crippen molar-refractivity contribution in [3.05, 3.63) is 70.0 Å². The highest BCUT2D eigenvalue weighted by Crippen LogP contribution is 2.40. The van der Waals surface area contributed by atoms with Gasteiger partial charge in [-0.05, 0) is 25.1 Å². The Bertz CT molecular complexity index is 1890. The van der Waals surface area contributed by atoms with E-state index in [2.05, 4.69) is 25.0 Å². The quantitative estimate of drug-likeness (QED) is 0.268. The molecule has 0 amide bonds. The second kappa shape index (κ2) is 9.51. The fraction of sp³-hybridized carbons (Fsp3) is 0.192. The molecule has 0 saturated heterocycles. The number of nitrogens with one attached hydrogen (secondary N) is 1. The Balaban J connectivity index is 1.57. The van der Waals surface area contributed by atoms with Crippen LogP contribution < -0.4 is 9.47 Å². The number of fused-ring (bicyclic) bond motifs is 2. The van der Waals surface area contributed by atoms with E-state index < -0.39 is 5.95 Å². The van der Waals surface area contributed by atoms with E-state index in [1.807, 2.05) is 13.0 Å². The molecule has 0 aliphatic heterocycles. The van der Waals surface area contributed by atoms with Crippen molar-refractivity contribution in [2.75, 3.05) is 14.2 Å². The second-order valence-electron chi connectivity index (χ2n) is 8.88. The number of imidazole rings is 2. The molecule has 0 atom stereocenters. The smallest absolute Gasteiger partial charge is 0.238 e. The third kappa shape index (κ3) is 4.33. The predicted octanol–water partition coefficient (Wildman–Crippen LogP) is 5.43. The number of halogens is 3. The number of H-pyrrole nitrogens is 1. The van der Waals surface area contributed by atoms with Gasteiger partial charge in [-0.2, -0.15) is 9.49 Å². The topological polar surface area (TPSA) is 108 Å². The SMILES string of the molecule is COc1cc(Cl)c(-c2c(F)nc(-c3cn(C)nc3C)c3nc(Cc4nc5nc(Cl)ccc5[nH]4)cn23)cc1OC. The maximum Gasteiger partial charge on any atom is 0.238 e. The van der Waals surface area contributed by atoms with Crippen LogP contribution >= 0.6 is 23.2 Å². The van der Waals surface area contributed by atoms with Crippen molar-refractivity contribution in [1.82, 2.24) is 39.1 Å². The summed E-state index contributed by atoms with van der Waals surface area (Å²) < 4.78 is 30.0. The van der Waals surface area contributed by atoms with Gasteiger partial charge >= 0.3 is 0 Å². The highest BCUT2D eigenvalue weighted by atomic mass is 35.5. The Morgan fingerprint density at radius 2 is 1.74 bits per heavy atom. The Kier molecular flexibility index (Phi) is 6.12. The summed E-state index contributed by atoms with van der Waals surface area (Å²) in [5, 5.41) is 5.01. The number of hydrogen-bond acceptors (Lipinski definition) is 7. The van der Waals surface area contributed by atoms with Crippen molar-refractivity contribution < 1.29 is 13.9 Å². The molecule has 0 fully saturated rings. The standard InChI is InChI=1S/C26H21Cl2FN8O2/c1-12-15(11-36(2)35-12)22-26-30-13(7-21-31-17-5-6-20(28)32-25(17)33-21)10-37(26)23(24(29)34-22)14-8-18(38-3)19(39-4)9-16(14)27/h5-6,8-11H,7H2,1-4H3,(H,31,32,33). The Morgan fingerprint density at radius 3 is 2.46 bits per heavy atom. The predicted molar refractivity (Wildman–Crippen MR) is 145 cm³/mol. The summed E-state index contributed by atoms with van der Waals surface area (Å²) in [4.78, 5) is 21.2. The largest absolute Gasteiger partial charge is 0.493 e. The van der Waals surface area contributed by atoms with E-state index in [0.29, 0.717) is 68.4 Å². The van der Waals surface area contributed by atoms with Gasteiger partial charge in [0.1, 0.15) is 22.4 Å². The van der Waals surface area contributed by atoms with E-state index >= 15 is 4.39 Å². The summed E-state index contributed by atoms with van der Waals surface area (Å²) in [5.41, 5.74) is 4.48. The lowest BCUT2D eigenvalue weighted by atomic mass is 10.1. The molecule has 5 heterocycles. The Morgan fingerprint density at radius 1 is 0.974 bits per heavy atom. The maximum atomic E-state index is 15.9. The second-order valence-corrected chi connectivity index (χ2v) is 9.67. The molecule has 0 unspecified atom stereocenters. The van der Waals surface area contributed by atoms with Gasteiger partial charge < -0.3 is 14.5 Å². The molecule has 13 heteroatoms. The van der Waals surface area contributed by atoms with E-state index in [4.69, 9.17) is 37.7 Å². The number of benzene rings is 1. The van der Waals surface area contributed by atoms with Gasteiger partial charge in [0.2, 0.25) is 5.95 Å². The lowest BCUT2D eigenvalue weighted by Gasteiger charge is -2.14. The summed E-state index contributed by atoms with van der Waals surface area (Å²) in [6.07, 6.45) is 3.84. The van der Waals surface area contributed by atoms with Crippen LogP contribution in [0.25, 0.3) is 39.3 Å². The van der Waals surface area contributed by atoms with E-state index in [0.717, 1.165) is 5.52 Å². The molecule has 198 valence electrons. The average molecular weight is 567 g/mol. The Labute approximate surface area is 231 Å². The summed E-state index contributed by atoms with van der Waals surface area (Å²) in [6, 6.07) is 6.69. The molecule has 6 aromatic rings. The van der Waals surface area contributed by atoms with Crippen LogP contribution in [-0.4, -0.2) is 53.3 Å². The molecule has 1 N–H and O–H groups in total. The van der Waals surface area contributed by atoms with Crippen LogP contribution in [0.1, 0.15) is 17.2 Å². The van der Waals surface area contributed by atoms with Crippen molar-refractivity contribution in [3.8, 4) is 34.0 Å². The normalized spacial score (nSPS) is 11.6. The van der Waals surface area contributed by atoms with Crippen LogP contribution in [0.4, 0.5) is 4.39 Å². The van der Waals surface area contributed by atoms with Gasteiger partial charge in [0.05, 0.1) is 36.1 Å². The molecule has 5 aromatic heterocycles. The lowest BCUT2D eigenvalue weighted by molar-refractivity contribution is 0.355. The van der Waals surface area contributed by atoms with Gasteiger partial charge in [0, 0.05) is 43.1 Å². The highest BCUT2D eigenvalue weighted by Gasteiger charge is 2.24. The number of nitrogens with zero attached hydrogens (tertiary/aromatic N) is 7. The van der Waals surface area contributed by atoms with Gasteiger partial charge in [0.25, 0.3) is 0 Å². The summed E-state index contributed by atoms with van der Waals surface area (Å²) in [5.74, 6) is 0.705. The number of pyridine rings is 1. The first kappa shape index (κ1) is 25.1. The van der Waals surface area contributed by atoms with E-state index in [-0.39, 0.29) is 10.7 Å². The minimum absolute atomic E-state index is 0.123. The molecule has 10 nitrogen and oxygen atoms in total. The fourth-order valence-electron chi connectivity index (χ4n) is 4.62. The van der Waals surface area contributed by atoms with Crippen LogP contribution in [0.3, 0.4) is 0 Å². The van der Waals surface area contributed by atoms with Crippen LogP contribution in [0.15, 0.2) is 36.7 Å². The molecule has 1 aromatic carbocycles. The first-order chi connectivity index (χ1) is 18.7. The monoisotopic (exact) mass is 566 g/mol. The molecule has 6 rings (SSSR count). The third-order valence-electron chi connectivity index (χ3n) is 6.32. The molecule has 0 aliphatic carbocycles. The average Bonchev–Trinajstić information content (AvgIpc) is 3.59. The molecule has 0 spiro atoms. The van der Waals surface area contributed by atoms with Crippen LogP contribution in [-0.2, 0) is 13.5 Å². The van der Waals surface area contributed by atoms with Crippen molar-refractivity contribution >= 4 is 40.0 Å². The summed E-state index contributed by atoms with van der Waals surface area (Å²) in [6.45, 7) is 1.83. The third-order valence-corrected chi connectivity index (χ3v) is 6.84. The summed E-state index contributed by atoms with van der Waals surface area (Å²) >= 11 is 12.6. The molecule has 0 radical (unpaired) electrons. The van der Waals surface area contributed by atoms with Crippen LogP contribution in [0.5, 0.6) is 11.5 Å². The van der Waals surface area contributed by atoms with E-state index in [1.54, 1.807) is 46.7 Å². The number of methoxy groups -OCH3 is 2. The number of rotatable bonds is 6. The zero-order valence-corrected chi connectivity index (χ0v) is 22.8. The lowest BCUT2D eigenvalue weighted by Crippen LogP contribution is -2.03. The molecular weight excluding hydrogens is 546 g/mol. The van der Waals surface area contributed by atoms with Crippen molar-refractivity contribution in [2.24, 2.45) is 7.05 Å². The molecule has 0 aliphatic rings. The van der Waals surface area contributed by atoms with Gasteiger partial charge in [0.15, 0.2) is 22.8 Å². The highest BCUT2D eigenvalue weighted by molar-refractivity contribution is 6.33. The van der Waals surface area contributed by atoms with Crippen molar-refractivity contribution in [2.45, 2.75) is 13.3 Å². The fourth-order valence-corrected chi connectivity index (χ4v) is 5.00. The number of aromatic nitrogens is 8. The van der Waals surface area contributed by atoms with Gasteiger partial charge in [-0.25, -0.2) is 19.9 Å². The number of aryl methyl sites for hydroxylation is 2. The first-order valence-corrected chi connectivity index (χ1v) is 12.5. The van der Waals surface area contributed by atoms with E-state index in [1.165, 1.54) is 14.2 Å². The molecule has 0 saturated carbocycles. The van der Waals surface area contributed by atoms with Gasteiger partial charge in [-0.3, -0.25) is 9.08 Å². The maximum absolute atomic E-state index is 15.9. The number of hydrogen-bond donors (Lipinski definition) is 1. The minimum Gasteiger partial charge on any atom is -0.493 e. The molecular formula is C26H21Cl2FN8O2. The molecule has 39 heavy (non-hydrogen) atoms.